The van der Waals surface area contributed by atoms with Crippen molar-refractivity contribution < 1.29 is 28.2 Å². The van der Waals surface area contributed by atoms with Gasteiger partial charge in [-0.3, -0.25) is 4.79 Å². The third kappa shape index (κ3) is 6.29. The number of hydrogen-bond donors (Lipinski definition) is 3. The van der Waals surface area contributed by atoms with Crippen LogP contribution in [0.2, 0.25) is 0 Å². The summed E-state index contributed by atoms with van der Waals surface area (Å²) in [4.78, 5) is 11.5. The lowest BCUT2D eigenvalue weighted by atomic mass is 9.97. The molecule has 2 rings (SSSR count). The average Bonchev–Trinajstić information content (AvgIpc) is 2.60. The minimum atomic E-state index is -4.36. The Bertz CT molecular complexity index is 760. The van der Waals surface area contributed by atoms with Crippen LogP contribution in [0.25, 0.3) is 0 Å². The number of carbonyl (C=O) groups is 1. The van der Waals surface area contributed by atoms with Crippen molar-refractivity contribution in [2.75, 3.05) is 13.1 Å². The molecule has 0 radical (unpaired) electrons. The molecule has 2 aromatic carbocycles. The van der Waals surface area contributed by atoms with Crippen molar-refractivity contribution in [3.8, 4) is 5.75 Å². The summed E-state index contributed by atoms with van der Waals surface area (Å²) in [5.74, 6) is -1.61. The number of carboxylic acids is 1. The fraction of sp³-hybridized carbons (Fsp3) is 0.350. The summed E-state index contributed by atoms with van der Waals surface area (Å²) in [6.07, 6.45) is -4.09. The highest BCUT2D eigenvalue weighted by Gasteiger charge is 2.30. The van der Waals surface area contributed by atoms with E-state index in [0.717, 1.165) is 23.3 Å². The fourth-order valence-corrected chi connectivity index (χ4v) is 2.81. The predicted molar refractivity (Wildman–Crippen MR) is 95.7 cm³/mol. The second kappa shape index (κ2) is 8.90. The van der Waals surface area contributed by atoms with Gasteiger partial charge in [-0.25, -0.2) is 0 Å². The van der Waals surface area contributed by atoms with E-state index in [0.29, 0.717) is 6.54 Å². The van der Waals surface area contributed by atoms with Crippen LogP contribution in [0.3, 0.4) is 0 Å². The molecule has 3 N–H and O–H groups in total. The summed E-state index contributed by atoms with van der Waals surface area (Å²) < 4.78 is 37.8. The zero-order valence-electron chi connectivity index (χ0n) is 14.8. The largest absolute Gasteiger partial charge is 0.508 e. The number of rotatable bonds is 8. The summed E-state index contributed by atoms with van der Waals surface area (Å²) in [6, 6.07) is 11.4. The van der Waals surface area contributed by atoms with Gasteiger partial charge in [-0.15, -0.1) is 0 Å². The Morgan fingerprint density at radius 2 is 1.78 bits per heavy atom. The summed E-state index contributed by atoms with van der Waals surface area (Å²) in [5, 5.41) is 21.9. The maximum atomic E-state index is 12.6. The molecule has 0 fully saturated rings. The molecule has 146 valence electrons. The van der Waals surface area contributed by atoms with Gasteiger partial charge in [0.1, 0.15) is 5.75 Å². The van der Waals surface area contributed by atoms with E-state index >= 15 is 0 Å². The molecule has 4 nitrogen and oxygen atoms in total. The van der Waals surface area contributed by atoms with E-state index in [1.807, 2.05) is 6.92 Å². The van der Waals surface area contributed by atoms with E-state index in [4.69, 9.17) is 0 Å². The molecular formula is C20H22F3NO3. The van der Waals surface area contributed by atoms with Crippen molar-refractivity contribution in [1.29, 1.82) is 0 Å². The van der Waals surface area contributed by atoms with E-state index in [-0.39, 0.29) is 24.6 Å². The smallest absolute Gasteiger partial charge is 0.416 e. The van der Waals surface area contributed by atoms with Crippen LogP contribution in [0, 0.1) is 5.92 Å². The van der Waals surface area contributed by atoms with E-state index in [1.165, 1.54) is 24.3 Å². The minimum absolute atomic E-state index is 0.0671. The van der Waals surface area contributed by atoms with Crippen LogP contribution in [0.4, 0.5) is 13.2 Å². The van der Waals surface area contributed by atoms with Crippen LogP contribution in [0.1, 0.15) is 29.5 Å². The Hall–Kier alpha value is -2.54. The molecule has 0 bridgehead atoms. The van der Waals surface area contributed by atoms with Gasteiger partial charge in [0.05, 0.1) is 11.5 Å². The Morgan fingerprint density at radius 3 is 2.33 bits per heavy atom. The molecular weight excluding hydrogens is 359 g/mol. The molecule has 0 spiro atoms. The second-order valence-corrected chi connectivity index (χ2v) is 6.59. The van der Waals surface area contributed by atoms with E-state index in [9.17, 15) is 28.2 Å². The zero-order chi connectivity index (χ0) is 20.0. The summed E-state index contributed by atoms with van der Waals surface area (Å²) >= 11 is 0. The van der Waals surface area contributed by atoms with Crippen molar-refractivity contribution in [2.24, 2.45) is 5.92 Å². The SMILES string of the molecule is CC(CNCC(Cc1cccc(O)c1)C(=O)O)c1ccc(C(F)(F)F)cc1. The normalized spacial score (nSPS) is 13.9. The van der Waals surface area contributed by atoms with Crippen LogP contribution in [-0.2, 0) is 17.4 Å². The van der Waals surface area contributed by atoms with Crippen molar-refractivity contribution >= 4 is 5.97 Å². The molecule has 2 atom stereocenters. The molecule has 0 aliphatic heterocycles. The predicted octanol–water partition coefficient (Wildman–Crippen LogP) is 4.05. The third-order valence-electron chi connectivity index (χ3n) is 4.39. The van der Waals surface area contributed by atoms with E-state index in [1.54, 1.807) is 12.1 Å². The van der Waals surface area contributed by atoms with Gasteiger partial charge in [0.25, 0.3) is 0 Å². The summed E-state index contributed by atoms with van der Waals surface area (Å²) in [7, 11) is 0. The van der Waals surface area contributed by atoms with E-state index < -0.39 is 23.6 Å². The molecule has 2 unspecified atom stereocenters. The highest BCUT2D eigenvalue weighted by atomic mass is 19.4. The number of phenolic OH excluding ortho intramolecular Hbond substituents is 1. The van der Waals surface area contributed by atoms with Crippen LogP contribution in [0.5, 0.6) is 5.75 Å². The number of alkyl halides is 3. The van der Waals surface area contributed by atoms with Crippen LogP contribution < -0.4 is 5.32 Å². The highest BCUT2D eigenvalue weighted by Crippen LogP contribution is 2.30. The van der Waals surface area contributed by atoms with Gasteiger partial charge >= 0.3 is 12.1 Å². The second-order valence-electron chi connectivity index (χ2n) is 6.59. The average molecular weight is 381 g/mol. The molecule has 0 amide bonds. The van der Waals surface area contributed by atoms with Gasteiger partial charge in [-0.2, -0.15) is 13.2 Å². The van der Waals surface area contributed by atoms with Crippen molar-refractivity contribution in [1.82, 2.24) is 5.32 Å². The topological polar surface area (TPSA) is 69.6 Å². The van der Waals surface area contributed by atoms with Crippen molar-refractivity contribution in [3.63, 3.8) is 0 Å². The summed E-state index contributed by atoms with van der Waals surface area (Å²) in [6.45, 7) is 2.52. The number of nitrogens with one attached hydrogen (secondary N) is 1. The number of aliphatic carboxylic acids is 1. The summed E-state index contributed by atoms with van der Waals surface area (Å²) in [5.41, 5.74) is 0.777. The number of halogens is 3. The Morgan fingerprint density at radius 1 is 1.11 bits per heavy atom. The van der Waals surface area contributed by atoms with Crippen LogP contribution in [-0.4, -0.2) is 29.3 Å². The first kappa shape index (κ1) is 20.8. The number of carboxylic acid groups (broad SMARTS) is 1. The standard InChI is InChI=1S/C20H22F3NO3/c1-13(15-5-7-17(8-6-15)20(21,22)23)11-24-12-16(19(26)27)9-14-3-2-4-18(25)10-14/h2-8,10,13,16,24-25H,9,11-12H2,1H3,(H,26,27). The van der Waals surface area contributed by atoms with Gasteiger partial charge in [0, 0.05) is 13.1 Å². The Labute approximate surface area is 155 Å². The van der Waals surface area contributed by atoms with Gasteiger partial charge < -0.3 is 15.5 Å². The first-order valence-corrected chi connectivity index (χ1v) is 8.55. The van der Waals surface area contributed by atoms with Gasteiger partial charge in [0.15, 0.2) is 0 Å². The molecule has 0 heterocycles. The third-order valence-corrected chi connectivity index (χ3v) is 4.39. The Kier molecular flexibility index (Phi) is 6.85. The molecule has 0 saturated heterocycles. The molecule has 0 saturated carbocycles. The van der Waals surface area contributed by atoms with Crippen LogP contribution >= 0.6 is 0 Å². The minimum Gasteiger partial charge on any atom is -0.508 e. The zero-order valence-corrected chi connectivity index (χ0v) is 14.8. The lowest BCUT2D eigenvalue weighted by molar-refractivity contribution is -0.141. The first-order chi connectivity index (χ1) is 12.7. The lowest BCUT2D eigenvalue weighted by Gasteiger charge is -2.17. The highest BCUT2D eigenvalue weighted by molar-refractivity contribution is 5.70. The van der Waals surface area contributed by atoms with Gasteiger partial charge in [0.2, 0.25) is 0 Å². The first-order valence-electron chi connectivity index (χ1n) is 8.55. The monoisotopic (exact) mass is 381 g/mol. The molecule has 0 aromatic heterocycles. The molecule has 0 aliphatic rings. The maximum Gasteiger partial charge on any atom is 0.416 e. The fourth-order valence-electron chi connectivity index (χ4n) is 2.81. The Balaban J connectivity index is 1.89. The number of phenols is 1. The van der Waals surface area contributed by atoms with Crippen LogP contribution in [0.15, 0.2) is 48.5 Å². The molecule has 2 aromatic rings. The van der Waals surface area contributed by atoms with Crippen molar-refractivity contribution in [2.45, 2.75) is 25.4 Å². The number of aromatic hydroxyl groups is 1. The number of benzene rings is 2. The molecule has 0 aliphatic carbocycles. The molecule has 27 heavy (non-hydrogen) atoms. The van der Waals surface area contributed by atoms with E-state index in [2.05, 4.69) is 5.32 Å². The van der Waals surface area contributed by atoms with Gasteiger partial charge in [-0.1, -0.05) is 31.2 Å². The maximum absolute atomic E-state index is 12.6. The number of hydrogen-bond acceptors (Lipinski definition) is 3. The lowest BCUT2D eigenvalue weighted by Crippen LogP contribution is -2.32. The van der Waals surface area contributed by atoms with Gasteiger partial charge in [-0.05, 0) is 47.7 Å². The molecule has 7 heteroatoms. The van der Waals surface area contributed by atoms with Crippen molar-refractivity contribution in [3.05, 3.63) is 65.2 Å². The quantitative estimate of drug-likeness (QED) is 0.645.